The second-order valence-corrected chi connectivity index (χ2v) is 7.06. The van der Waals surface area contributed by atoms with Crippen LogP contribution in [0.5, 0.6) is 0 Å². The van der Waals surface area contributed by atoms with Crippen molar-refractivity contribution in [3.05, 3.63) is 29.5 Å². The van der Waals surface area contributed by atoms with Gasteiger partial charge in [0.25, 0.3) is 0 Å². The molecule has 10 heteroatoms. The predicted octanol–water partition coefficient (Wildman–Crippen LogP) is 1.56. The van der Waals surface area contributed by atoms with Crippen LogP contribution in [0.25, 0.3) is 0 Å². The lowest BCUT2D eigenvalue weighted by Gasteiger charge is -2.29. The molecule has 0 amide bonds. The fourth-order valence-electron chi connectivity index (χ4n) is 3.53. The number of hydrogen-bond acceptors (Lipinski definition) is 7. The first-order valence-corrected chi connectivity index (χ1v) is 8.98. The highest BCUT2D eigenvalue weighted by Crippen LogP contribution is 2.44. The van der Waals surface area contributed by atoms with E-state index in [4.69, 9.17) is 16.7 Å². The molecule has 1 aliphatic carbocycles. The molecular weight excluding hydrogens is 372 g/mol. The van der Waals surface area contributed by atoms with Gasteiger partial charge >= 0.3 is 5.97 Å². The second-order valence-electron chi connectivity index (χ2n) is 7.06. The molecule has 1 atom stereocenters. The number of aliphatic carboxylic acids is 1. The number of Topliss-reactive ketones (excluding diaryl/α,β-unsaturated/α-hetero) is 1. The van der Waals surface area contributed by atoms with Gasteiger partial charge in [-0.2, -0.15) is 0 Å². The first-order chi connectivity index (χ1) is 13.3. The Labute approximate surface area is 160 Å². The minimum atomic E-state index is -1.22. The van der Waals surface area contributed by atoms with Gasteiger partial charge in [0.2, 0.25) is 0 Å². The minimum absolute atomic E-state index is 0.183. The van der Waals surface area contributed by atoms with Gasteiger partial charge in [-0.25, -0.2) is 13.6 Å². The van der Waals surface area contributed by atoms with E-state index < -0.39 is 23.4 Å². The number of rotatable bonds is 7. The molecule has 6 N–H and O–H groups in total. The van der Waals surface area contributed by atoms with Crippen molar-refractivity contribution in [1.29, 1.82) is 0 Å². The van der Waals surface area contributed by atoms with Gasteiger partial charge in [0.1, 0.15) is 5.69 Å². The summed E-state index contributed by atoms with van der Waals surface area (Å²) in [5, 5.41) is 8.97. The molecule has 152 valence electrons. The first kappa shape index (κ1) is 20.0. The number of carboxylic acid groups (broad SMARTS) is 1. The van der Waals surface area contributed by atoms with Crippen LogP contribution in [-0.2, 0) is 4.79 Å². The van der Waals surface area contributed by atoms with E-state index in [0.29, 0.717) is 25.8 Å². The van der Waals surface area contributed by atoms with Crippen LogP contribution in [0.3, 0.4) is 0 Å². The number of nitrogens with two attached hydrogens (primary N) is 2. The van der Waals surface area contributed by atoms with Gasteiger partial charge in [-0.3, -0.25) is 10.6 Å². The normalized spacial score (nSPS) is 19.3. The Kier molecular flexibility index (Phi) is 5.52. The average Bonchev–Trinajstić information content (AvgIpc) is 3.37. The number of carbonyl (C=O) groups is 2. The number of nitrogens with one attached hydrogen (secondary N) is 1. The first-order valence-electron chi connectivity index (χ1n) is 8.98. The van der Waals surface area contributed by atoms with Gasteiger partial charge in [0.15, 0.2) is 17.4 Å². The van der Waals surface area contributed by atoms with Crippen LogP contribution >= 0.6 is 0 Å². The van der Waals surface area contributed by atoms with Crippen LogP contribution < -0.4 is 26.8 Å². The van der Waals surface area contributed by atoms with E-state index >= 15 is 8.78 Å². The van der Waals surface area contributed by atoms with Gasteiger partial charge in [0.05, 0.1) is 16.9 Å². The van der Waals surface area contributed by atoms with Crippen molar-refractivity contribution in [2.45, 2.75) is 38.3 Å². The summed E-state index contributed by atoms with van der Waals surface area (Å²) in [7, 11) is 0. The van der Waals surface area contributed by atoms with E-state index in [1.165, 1.54) is 22.9 Å². The monoisotopic (exact) mass is 395 g/mol. The number of anilines is 3. The van der Waals surface area contributed by atoms with Crippen molar-refractivity contribution in [2.24, 2.45) is 11.6 Å². The number of nitrogen functional groups attached to an aromatic ring is 1. The van der Waals surface area contributed by atoms with Crippen LogP contribution in [0.15, 0.2) is 12.3 Å². The minimum Gasteiger partial charge on any atom is -0.478 e. The number of carboxylic acids is 1. The number of halogens is 2. The van der Waals surface area contributed by atoms with E-state index in [9.17, 15) is 9.59 Å². The molecule has 1 aromatic rings. The summed E-state index contributed by atoms with van der Waals surface area (Å²) in [5.74, 6) is 1.76. The largest absolute Gasteiger partial charge is 0.478 e. The van der Waals surface area contributed by atoms with Gasteiger partial charge in [-0.15, -0.1) is 0 Å². The summed E-state index contributed by atoms with van der Waals surface area (Å²) in [6.45, 7) is 1.79. The number of hydrogen-bond donors (Lipinski definition) is 4. The smallest absolute Gasteiger partial charge is 0.329 e. The van der Waals surface area contributed by atoms with E-state index in [0.717, 1.165) is 6.08 Å². The molecule has 2 fully saturated rings. The number of benzene rings is 1. The topological polar surface area (TPSA) is 125 Å². The van der Waals surface area contributed by atoms with E-state index in [-0.39, 0.29) is 41.3 Å². The molecule has 8 nitrogen and oxygen atoms in total. The van der Waals surface area contributed by atoms with Crippen molar-refractivity contribution in [1.82, 2.24) is 0 Å². The Hall–Kier alpha value is -2.72. The highest BCUT2D eigenvalue weighted by molar-refractivity contribution is 6.07. The van der Waals surface area contributed by atoms with Crippen molar-refractivity contribution >= 4 is 28.8 Å². The highest BCUT2D eigenvalue weighted by Gasteiger charge is 2.38. The molecule has 28 heavy (non-hydrogen) atoms. The standard InChI is InChI=1S/C18H23F2N5O3/c1-9(26)13-16(23-22)14(19)18(24-6-4-10(21)8-24)15(20)17(13)25(11-2-3-11)7-5-12(27)28/h5,7,10-11,23H,2-4,6,8,21-22H2,1H3,(H,27,28)/b7-5+/t10-/m0/s1. The summed E-state index contributed by atoms with van der Waals surface area (Å²) in [6, 6.07) is -0.413. The van der Waals surface area contributed by atoms with Crippen LogP contribution in [0.4, 0.5) is 25.8 Å². The van der Waals surface area contributed by atoms with Crippen LogP contribution in [0.2, 0.25) is 0 Å². The third-order valence-corrected chi connectivity index (χ3v) is 4.94. The molecule has 1 saturated heterocycles. The number of ketones is 1. The third kappa shape index (κ3) is 3.65. The van der Waals surface area contributed by atoms with Crippen LogP contribution in [0.1, 0.15) is 36.5 Å². The number of hydrazine groups is 1. The Morgan fingerprint density at radius 3 is 2.43 bits per heavy atom. The maximum Gasteiger partial charge on any atom is 0.329 e. The molecule has 0 radical (unpaired) electrons. The van der Waals surface area contributed by atoms with Gasteiger partial charge in [-0.05, 0) is 26.2 Å². The van der Waals surface area contributed by atoms with Gasteiger partial charge in [-0.1, -0.05) is 0 Å². The van der Waals surface area contributed by atoms with Crippen molar-refractivity contribution in [2.75, 3.05) is 28.3 Å². The molecule has 0 bridgehead atoms. The third-order valence-electron chi connectivity index (χ3n) is 4.94. The highest BCUT2D eigenvalue weighted by atomic mass is 19.1. The fourth-order valence-corrected chi connectivity index (χ4v) is 3.53. The molecule has 0 unspecified atom stereocenters. The Morgan fingerprint density at radius 2 is 1.96 bits per heavy atom. The van der Waals surface area contributed by atoms with E-state index in [1.54, 1.807) is 0 Å². The molecule has 0 aromatic heterocycles. The zero-order chi connectivity index (χ0) is 20.6. The van der Waals surface area contributed by atoms with Crippen molar-refractivity contribution < 1.29 is 23.5 Å². The van der Waals surface area contributed by atoms with Crippen molar-refractivity contribution in [3.8, 4) is 0 Å². The zero-order valence-electron chi connectivity index (χ0n) is 15.4. The van der Waals surface area contributed by atoms with Gasteiger partial charge < -0.3 is 26.1 Å². The summed E-state index contributed by atoms with van der Waals surface area (Å²) in [5.41, 5.74) is 6.97. The van der Waals surface area contributed by atoms with Crippen LogP contribution in [-0.4, -0.2) is 42.0 Å². The zero-order valence-corrected chi connectivity index (χ0v) is 15.4. The maximum absolute atomic E-state index is 15.6. The predicted molar refractivity (Wildman–Crippen MR) is 101 cm³/mol. The Bertz CT molecular complexity index is 841. The summed E-state index contributed by atoms with van der Waals surface area (Å²) < 4.78 is 30.8. The lowest BCUT2D eigenvalue weighted by Crippen LogP contribution is -2.31. The molecule has 0 spiro atoms. The molecule has 2 aliphatic rings. The average molecular weight is 395 g/mol. The maximum atomic E-state index is 15.6. The van der Waals surface area contributed by atoms with Crippen LogP contribution in [0, 0.1) is 11.6 Å². The quantitative estimate of drug-likeness (QED) is 0.237. The molecule has 1 aromatic carbocycles. The second kappa shape index (κ2) is 7.72. The summed E-state index contributed by atoms with van der Waals surface area (Å²) >= 11 is 0. The number of carbonyl (C=O) groups excluding carboxylic acids is 1. The molecular formula is C18H23F2N5O3. The Morgan fingerprint density at radius 1 is 1.29 bits per heavy atom. The number of nitrogens with zero attached hydrogens (tertiary/aromatic N) is 2. The molecule has 3 rings (SSSR count). The lowest BCUT2D eigenvalue weighted by atomic mass is 10.0. The fraction of sp³-hybridized carbons (Fsp3) is 0.444. The van der Waals surface area contributed by atoms with Crippen molar-refractivity contribution in [3.63, 3.8) is 0 Å². The van der Waals surface area contributed by atoms with E-state index in [1.807, 2.05) is 0 Å². The summed E-state index contributed by atoms with van der Waals surface area (Å²) in [6.07, 6.45) is 3.99. The Balaban J connectivity index is 2.26. The molecule has 1 saturated carbocycles. The summed E-state index contributed by atoms with van der Waals surface area (Å²) in [4.78, 5) is 26.1. The molecule has 1 heterocycles. The molecule has 1 aliphatic heterocycles. The van der Waals surface area contributed by atoms with Gasteiger partial charge in [0, 0.05) is 37.4 Å². The SMILES string of the molecule is CC(=O)c1c(NN)c(F)c(N2CC[C@H](N)C2)c(F)c1N(/C=C/C(=O)O)C1CC1. The van der Waals surface area contributed by atoms with E-state index in [2.05, 4.69) is 5.43 Å². The lowest BCUT2D eigenvalue weighted by molar-refractivity contribution is -0.131.